The molecule has 9 heteroatoms. The Morgan fingerprint density at radius 3 is 2.51 bits per heavy atom. The Balaban J connectivity index is 1.51. The molecule has 0 aliphatic carbocycles. The van der Waals surface area contributed by atoms with Crippen LogP contribution in [0, 0.1) is 6.92 Å². The van der Waals surface area contributed by atoms with Gasteiger partial charge in [0.2, 0.25) is 5.13 Å². The van der Waals surface area contributed by atoms with E-state index in [0.717, 1.165) is 5.56 Å². The Kier molecular flexibility index (Phi) is 6.43. The zero-order chi connectivity index (χ0) is 24.4. The minimum atomic E-state index is -0.869. The van der Waals surface area contributed by atoms with Crippen LogP contribution in [0.2, 0.25) is 0 Å². The van der Waals surface area contributed by atoms with E-state index in [9.17, 15) is 14.7 Å². The number of nitrogens with zero attached hydrogens (tertiary/aromatic N) is 4. The number of thioether (sulfide) groups is 1. The molecule has 3 heterocycles. The highest BCUT2D eigenvalue weighted by molar-refractivity contribution is 8.00. The number of ketones is 1. The van der Waals surface area contributed by atoms with E-state index in [1.807, 2.05) is 13.0 Å². The first kappa shape index (κ1) is 22.9. The van der Waals surface area contributed by atoms with Gasteiger partial charge >= 0.3 is 5.91 Å². The van der Waals surface area contributed by atoms with Gasteiger partial charge in [-0.15, -0.1) is 10.2 Å². The molecule has 4 aromatic rings. The van der Waals surface area contributed by atoms with Crippen LogP contribution >= 0.6 is 23.1 Å². The van der Waals surface area contributed by atoms with E-state index in [1.54, 1.807) is 48.8 Å². The van der Waals surface area contributed by atoms with Crippen molar-refractivity contribution in [2.75, 3.05) is 4.90 Å². The molecule has 1 saturated heterocycles. The molecule has 0 saturated carbocycles. The number of aromatic nitrogens is 3. The molecule has 1 amide bonds. The van der Waals surface area contributed by atoms with Crippen molar-refractivity contribution in [3.8, 4) is 0 Å². The van der Waals surface area contributed by atoms with Crippen molar-refractivity contribution >= 4 is 45.7 Å². The van der Waals surface area contributed by atoms with Crippen molar-refractivity contribution in [3.63, 3.8) is 0 Å². The number of benzene rings is 2. The Labute approximate surface area is 210 Å². The highest BCUT2D eigenvalue weighted by atomic mass is 32.2. The van der Waals surface area contributed by atoms with Crippen molar-refractivity contribution in [1.29, 1.82) is 0 Å². The predicted octanol–water partition coefficient (Wildman–Crippen LogP) is 5.16. The third-order valence-corrected chi connectivity index (χ3v) is 7.70. The normalized spacial score (nSPS) is 17.2. The number of anilines is 1. The maximum absolute atomic E-state index is 13.2. The third kappa shape index (κ3) is 4.60. The van der Waals surface area contributed by atoms with E-state index in [2.05, 4.69) is 39.4 Å². The average molecular weight is 501 g/mol. The first-order valence-corrected chi connectivity index (χ1v) is 12.6. The lowest BCUT2D eigenvalue weighted by Crippen LogP contribution is -2.29. The number of aliphatic hydroxyl groups excluding tert-OH is 1. The molecule has 0 radical (unpaired) electrons. The maximum Gasteiger partial charge on any atom is 0.301 e. The van der Waals surface area contributed by atoms with Crippen molar-refractivity contribution < 1.29 is 14.7 Å². The highest BCUT2D eigenvalue weighted by Gasteiger charge is 2.48. The number of amides is 1. The van der Waals surface area contributed by atoms with Gasteiger partial charge in [-0.25, -0.2) is 0 Å². The van der Waals surface area contributed by atoms with Gasteiger partial charge in [0.15, 0.2) is 4.34 Å². The van der Waals surface area contributed by atoms with Gasteiger partial charge in [-0.2, -0.15) is 0 Å². The van der Waals surface area contributed by atoms with Crippen molar-refractivity contribution in [3.05, 3.63) is 107 Å². The molecule has 2 aromatic heterocycles. The topological polar surface area (TPSA) is 96.3 Å². The van der Waals surface area contributed by atoms with Crippen LogP contribution in [0.3, 0.4) is 0 Å². The van der Waals surface area contributed by atoms with Gasteiger partial charge in [-0.05, 0) is 24.1 Å². The van der Waals surface area contributed by atoms with Gasteiger partial charge in [0.1, 0.15) is 5.76 Å². The fraction of sp³-hybridized carbons (Fsp3) is 0.115. The van der Waals surface area contributed by atoms with Crippen LogP contribution in [0.25, 0.3) is 5.76 Å². The number of aliphatic hydroxyl groups is 1. The van der Waals surface area contributed by atoms with Crippen LogP contribution in [-0.4, -0.2) is 32.0 Å². The van der Waals surface area contributed by atoms with Gasteiger partial charge < -0.3 is 5.11 Å². The molecular weight excluding hydrogens is 480 g/mol. The second-order valence-electron chi connectivity index (χ2n) is 7.95. The molecule has 2 aromatic carbocycles. The van der Waals surface area contributed by atoms with E-state index in [-0.39, 0.29) is 11.3 Å². The summed E-state index contributed by atoms with van der Waals surface area (Å²) in [7, 11) is 0. The molecule has 1 aliphatic heterocycles. The number of Topliss-reactive ketones (excluding diaryl/α,β-unsaturated/α-hetero) is 1. The molecule has 7 nitrogen and oxygen atoms in total. The molecular formula is C26H20N4O3S2. The van der Waals surface area contributed by atoms with E-state index in [1.165, 1.54) is 33.6 Å². The Morgan fingerprint density at radius 1 is 1.03 bits per heavy atom. The van der Waals surface area contributed by atoms with E-state index in [4.69, 9.17) is 0 Å². The summed E-state index contributed by atoms with van der Waals surface area (Å²) in [4.78, 5) is 31.8. The number of hydrogen-bond acceptors (Lipinski definition) is 8. The lowest BCUT2D eigenvalue weighted by molar-refractivity contribution is -0.132. The minimum Gasteiger partial charge on any atom is -0.507 e. The summed E-state index contributed by atoms with van der Waals surface area (Å²) >= 11 is 2.75. The second kappa shape index (κ2) is 9.81. The predicted molar refractivity (Wildman–Crippen MR) is 136 cm³/mol. The first-order valence-electron chi connectivity index (χ1n) is 10.8. The largest absolute Gasteiger partial charge is 0.507 e. The quantitative estimate of drug-likeness (QED) is 0.128. The second-order valence-corrected chi connectivity index (χ2v) is 10.1. The highest BCUT2D eigenvalue weighted by Crippen LogP contribution is 2.43. The molecule has 1 N–H and O–H groups in total. The van der Waals surface area contributed by atoms with Gasteiger partial charge in [-0.1, -0.05) is 89.3 Å². The molecule has 0 unspecified atom stereocenters. The van der Waals surface area contributed by atoms with Crippen molar-refractivity contribution in [2.45, 2.75) is 23.1 Å². The summed E-state index contributed by atoms with van der Waals surface area (Å²) in [6.07, 6.45) is 3.19. The number of carbonyl (C=O) groups excluding carboxylic acids is 2. The summed E-state index contributed by atoms with van der Waals surface area (Å²) in [5, 5.41) is 19.8. The summed E-state index contributed by atoms with van der Waals surface area (Å²) in [5.41, 5.74) is 3.38. The molecule has 1 aliphatic rings. The zero-order valence-electron chi connectivity index (χ0n) is 18.7. The lowest BCUT2D eigenvalue weighted by atomic mass is 9.96. The maximum atomic E-state index is 13.2. The smallest absolute Gasteiger partial charge is 0.301 e. The van der Waals surface area contributed by atoms with Crippen LogP contribution < -0.4 is 4.90 Å². The molecule has 5 rings (SSSR count). The number of hydrogen-bond donors (Lipinski definition) is 1. The first-order chi connectivity index (χ1) is 17.0. The number of aryl methyl sites for hydroxylation is 1. The molecule has 1 atom stereocenters. The Morgan fingerprint density at radius 2 is 1.80 bits per heavy atom. The number of rotatable bonds is 6. The molecule has 0 spiro atoms. The summed E-state index contributed by atoms with van der Waals surface area (Å²) in [6, 6.07) is 19.6. The van der Waals surface area contributed by atoms with Gasteiger partial charge in [-0.3, -0.25) is 19.5 Å². The molecule has 0 bridgehead atoms. The lowest BCUT2D eigenvalue weighted by Gasteiger charge is -2.22. The summed E-state index contributed by atoms with van der Waals surface area (Å²) < 4.78 is 0.676. The van der Waals surface area contributed by atoms with Gasteiger partial charge in [0.05, 0.1) is 11.6 Å². The van der Waals surface area contributed by atoms with Crippen LogP contribution in [0.5, 0.6) is 0 Å². The van der Waals surface area contributed by atoms with Gasteiger partial charge in [0.25, 0.3) is 5.78 Å². The third-order valence-electron chi connectivity index (χ3n) is 5.58. The summed E-state index contributed by atoms with van der Waals surface area (Å²) in [6.45, 7) is 2.04. The monoisotopic (exact) mass is 500 g/mol. The molecule has 1 fully saturated rings. The van der Waals surface area contributed by atoms with E-state index in [0.29, 0.717) is 26.4 Å². The Bertz CT molecular complexity index is 1400. The molecule has 35 heavy (non-hydrogen) atoms. The van der Waals surface area contributed by atoms with Crippen molar-refractivity contribution in [1.82, 2.24) is 15.2 Å². The van der Waals surface area contributed by atoms with E-state index >= 15 is 0 Å². The fourth-order valence-corrected chi connectivity index (χ4v) is 5.65. The number of carbonyl (C=O) groups is 2. The van der Waals surface area contributed by atoms with Gasteiger partial charge in [0, 0.05) is 23.7 Å². The average Bonchev–Trinajstić information content (AvgIpc) is 3.46. The van der Waals surface area contributed by atoms with Crippen LogP contribution in [0.1, 0.15) is 28.3 Å². The molecule has 174 valence electrons. The number of pyridine rings is 1. The van der Waals surface area contributed by atoms with Crippen LogP contribution in [0.15, 0.2) is 89.0 Å². The SMILES string of the molecule is Cc1ccc(CSc2nnc(N3C(=O)C(=O)/C(=C(/O)c4ccccc4)[C@@H]3c3cccnc3)s2)cc1. The van der Waals surface area contributed by atoms with E-state index < -0.39 is 17.7 Å². The van der Waals surface area contributed by atoms with Crippen molar-refractivity contribution in [2.24, 2.45) is 0 Å². The summed E-state index contributed by atoms with van der Waals surface area (Å²) in [5.74, 6) is -1.07. The zero-order valence-corrected chi connectivity index (χ0v) is 20.3. The fourth-order valence-electron chi connectivity index (χ4n) is 3.82. The Hall–Kier alpha value is -3.82. The minimum absolute atomic E-state index is 0.00161. The van der Waals surface area contributed by atoms with Crippen LogP contribution in [0.4, 0.5) is 5.13 Å². The van der Waals surface area contributed by atoms with Crippen LogP contribution in [-0.2, 0) is 15.3 Å². The standard InChI is InChI=1S/C26H20N4O3S2/c1-16-9-11-17(12-10-16)15-34-26-29-28-25(35-26)30-21(19-8-5-13-27-14-19)20(23(32)24(30)33)22(31)18-6-3-2-4-7-18/h2-14,21,31H,15H2,1H3/b22-20+/t21-/m0/s1.